The van der Waals surface area contributed by atoms with Crippen molar-refractivity contribution in [3.63, 3.8) is 0 Å². The van der Waals surface area contributed by atoms with E-state index < -0.39 is 0 Å². The van der Waals surface area contributed by atoms with Gasteiger partial charge in [0, 0.05) is 11.3 Å². The zero-order valence-electron chi connectivity index (χ0n) is 10.00. The van der Waals surface area contributed by atoms with Crippen LogP contribution in [-0.4, -0.2) is 9.97 Å². The topological polar surface area (TPSA) is 25.8 Å². The fourth-order valence-electron chi connectivity index (χ4n) is 1.84. The average Bonchev–Trinajstić information content (AvgIpc) is 2.93. The standard InChI is InChI=1S/C15H12N2S/c1-11-10-13(14-8-5-9-18-14)17-15(16-11)12-6-3-2-4-7-12/h2-10H,1H3. The van der Waals surface area contributed by atoms with Crippen molar-refractivity contribution in [3.8, 4) is 22.0 Å². The van der Waals surface area contributed by atoms with Crippen molar-refractivity contribution in [2.45, 2.75) is 6.92 Å². The summed E-state index contributed by atoms with van der Waals surface area (Å²) < 4.78 is 0. The third-order valence-electron chi connectivity index (χ3n) is 2.66. The second-order valence-corrected chi connectivity index (χ2v) is 5.01. The number of rotatable bonds is 2. The summed E-state index contributed by atoms with van der Waals surface area (Å²) in [4.78, 5) is 10.3. The molecule has 0 saturated carbocycles. The van der Waals surface area contributed by atoms with Gasteiger partial charge in [0.15, 0.2) is 5.82 Å². The van der Waals surface area contributed by atoms with Crippen LogP contribution in [0, 0.1) is 6.92 Å². The Balaban J connectivity index is 2.12. The summed E-state index contributed by atoms with van der Waals surface area (Å²) in [7, 11) is 0. The molecular formula is C15H12N2S. The lowest BCUT2D eigenvalue weighted by molar-refractivity contribution is 1.12. The zero-order valence-corrected chi connectivity index (χ0v) is 10.8. The lowest BCUT2D eigenvalue weighted by Gasteiger charge is -2.04. The van der Waals surface area contributed by atoms with E-state index in [9.17, 15) is 0 Å². The van der Waals surface area contributed by atoms with Gasteiger partial charge in [0.25, 0.3) is 0 Å². The Morgan fingerprint density at radius 1 is 0.944 bits per heavy atom. The van der Waals surface area contributed by atoms with E-state index in [2.05, 4.69) is 21.4 Å². The number of benzene rings is 1. The van der Waals surface area contributed by atoms with Crippen LogP contribution < -0.4 is 0 Å². The van der Waals surface area contributed by atoms with E-state index in [4.69, 9.17) is 0 Å². The lowest BCUT2D eigenvalue weighted by Crippen LogP contribution is -1.93. The van der Waals surface area contributed by atoms with Crippen molar-refractivity contribution >= 4 is 11.3 Å². The van der Waals surface area contributed by atoms with Crippen LogP contribution >= 0.6 is 11.3 Å². The number of thiophene rings is 1. The van der Waals surface area contributed by atoms with Crippen molar-refractivity contribution in [2.24, 2.45) is 0 Å². The normalized spacial score (nSPS) is 10.5. The Morgan fingerprint density at radius 3 is 2.50 bits per heavy atom. The highest BCUT2D eigenvalue weighted by Gasteiger charge is 2.06. The van der Waals surface area contributed by atoms with E-state index >= 15 is 0 Å². The molecule has 2 nitrogen and oxygen atoms in total. The van der Waals surface area contributed by atoms with Gasteiger partial charge in [-0.3, -0.25) is 0 Å². The van der Waals surface area contributed by atoms with Crippen LogP contribution in [0.5, 0.6) is 0 Å². The Kier molecular flexibility index (Phi) is 2.90. The van der Waals surface area contributed by atoms with E-state index in [1.165, 1.54) is 4.88 Å². The zero-order chi connectivity index (χ0) is 12.4. The maximum absolute atomic E-state index is 4.65. The van der Waals surface area contributed by atoms with Gasteiger partial charge in [-0.05, 0) is 24.4 Å². The fraction of sp³-hybridized carbons (Fsp3) is 0.0667. The molecule has 3 aromatic rings. The summed E-state index contributed by atoms with van der Waals surface area (Å²) in [6.07, 6.45) is 0. The van der Waals surface area contributed by atoms with Crippen molar-refractivity contribution in [3.05, 3.63) is 59.6 Å². The van der Waals surface area contributed by atoms with Gasteiger partial charge in [-0.2, -0.15) is 0 Å². The predicted octanol–water partition coefficient (Wildman–Crippen LogP) is 4.18. The summed E-state index contributed by atoms with van der Waals surface area (Å²) >= 11 is 1.70. The van der Waals surface area contributed by atoms with E-state index in [0.717, 1.165) is 22.8 Å². The highest BCUT2D eigenvalue weighted by atomic mass is 32.1. The van der Waals surface area contributed by atoms with Crippen LogP contribution in [0.4, 0.5) is 0 Å². The summed E-state index contributed by atoms with van der Waals surface area (Å²) in [5.41, 5.74) is 3.04. The summed E-state index contributed by atoms with van der Waals surface area (Å²) in [5.74, 6) is 0.791. The first-order valence-corrected chi connectivity index (χ1v) is 6.66. The van der Waals surface area contributed by atoms with Gasteiger partial charge in [-0.15, -0.1) is 11.3 Å². The number of hydrogen-bond donors (Lipinski definition) is 0. The molecule has 0 saturated heterocycles. The fourth-order valence-corrected chi connectivity index (χ4v) is 2.52. The smallest absolute Gasteiger partial charge is 0.160 e. The van der Waals surface area contributed by atoms with Gasteiger partial charge in [0.2, 0.25) is 0 Å². The maximum atomic E-state index is 4.65. The molecule has 0 bridgehead atoms. The predicted molar refractivity (Wildman–Crippen MR) is 75.5 cm³/mol. The number of hydrogen-bond acceptors (Lipinski definition) is 3. The molecule has 18 heavy (non-hydrogen) atoms. The Morgan fingerprint density at radius 2 is 1.78 bits per heavy atom. The summed E-state index contributed by atoms with van der Waals surface area (Å²) in [5, 5.41) is 2.06. The van der Waals surface area contributed by atoms with E-state index in [-0.39, 0.29) is 0 Å². The highest BCUT2D eigenvalue weighted by Crippen LogP contribution is 2.25. The molecule has 0 amide bonds. The quantitative estimate of drug-likeness (QED) is 0.683. The van der Waals surface area contributed by atoms with Gasteiger partial charge in [-0.25, -0.2) is 9.97 Å². The van der Waals surface area contributed by atoms with Gasteiger partial charge in [0.05, 0.1) is 10.6 Å². The third kappa shape index (κ3) is 2.17. The molecular weight excluding hydrogens is 240 g/mol. The average molecular weight is 252 g/mol. The number of aromatic nitrogens is 2. The molecule has 0 aliphatic rings. The molecule has 0 unspecified atom stereocenters. The first kappa shape index (κ1) is 11.1. The molecule has 0 atom stereocenters. The molecule has 2 aromatic heterocycles. The molecule has 1 aromatic carbocycles. The first-order valence-electron chi connectivity index (χ1n) is 5.78. The minimum atomic E-state index is 0.791. The summed E-state index contributed by atoms with van der Waals surface area (Å²) in [6, 6.07) is 16.2. The Hall–Kier alpha value is -2.00. The molecule has 0 aliphatic heterocycles. The van der Waals surface area contributed by atoms with Crippen LogP contribution in [-0.2, 0) is 0 Å². The van der Waals surface area contributed by atoms with Gasteiger partial charge in [0.1, 0.15) is 0 Å². The number of aryl methyl sites for hydroxylation is 1. The minimum absolute atomic E-state index is 0.791. The van der Waals surface area contributed by atoms with Gasteiger partial charge >= 0.3 is 0 Å². The molecule has 0 radical (unpaired) electrons. The van der Waals surface area contributed by atoms with Crippen LogP contribution in [0.2, 0.25) is 0 Å². The van der Waals surface area contributed by atoms with E-state index in [1.807, 2.05) is 49.4 Å². The largest absolute Gasteiger partial charge is 0.233 e. The summed E-state index contributed by atoms with van der Waals surface area (Å²) in [6.45, 7) is 2.01. The molecule has 0 aliphatic carbocycles. The molecule has 88 valence electrons. The second-order valence-electron chi connectivity index (χ2n) is 4.06. The Bertz CT molecular complexity index is 646. The molecule has 2 heterocycles. The molecule has 3 rings (SSSR count). The molecule has 3 heteroatoms. The van der Waals surface area contributed by atoms with Gasteiger partial charge in [-0.1, -0.05) is 36.4 Å². The number of nitrogens with zero attached hydrogens (tertiary/aromatic N) is 2. The van der Waals surface area contributed by atoms with Crippen molar-refractivity contribution < 1.29 is 0 Å². The monoisotopic (exact) mass is 252 g/mol. The van der Waals surface area contributed by atoms with Crippen molar-refractivity contribution in [2.75, 3.05) is 0 Å². The third-order valence-corrected chi connectivity index (χ3v) is 3.55. The maximum Gasteiger partial charge on any atom is 0.160 e. The van der Waals surface area contributed by atoms with Crippen LogP contribution in [0.3, 0.4) is 0 Å². The van der Waals surface area contributed by atoms with E-state index in [0.29, 0.717) is 0 Å². The van der Waals surface area contributed by atoms with Gasteiger partial charge < -0.3 is 0 Å². The van der Waals surface area contributed by atoms with Crippen molar-refractivity contribution in [1.82, 2.24) is 9.97 Å². The lowest BCUT2D eigenvalue weighted by atomic mass is 10.2. The second kappa shape index (κ2) is 4.70. The van der Waals surface area contributed by atoms with Crippen LogP contribution in [0.25, 0.3) is 22.0 Å². The van der Waals surface area contributed by atoms with Crippen LogP contribution in [0.1, 0.15) is 5.69 Å². The molecule has 0 fully saturated rings. The molecule has 0 spiro atoms. The minimum Gasteiger partial charge on any atom is -0.233 e. The first-order chi connectivity index (χ1) is 8.83. The van der Waals surface area contributed by atoms with Crippen LogP contribution in [0.15, 0.2) is 53.9 Å². The molecule has 0 N–H and O–H groups in total. The highest BCUT2D eigenvalue weighted by molar-refractivity contribution is 7.13. The van der Waals surface area contributed by atoms with E-state index in [1.54, 1.807) is 11.3 Å². The van der Waals surface area contributed by atoms with Crippen molar-refractivity contribution in [1.29, 1.82) is 0 Å². The Labute approximate surface area is 110 Å². The SMILES string of the molecule is Cc1cc(-c2cccs2)nc(-c2ccccc2)n1.